The Balaban J connectivity index is 1.37. The number of hydrogen-bond donors (Lipinski definition) is 0. The van der Waals surface area contributed by atoms with Crippen molar-refractivity contribution in [3.63, 3.8) is 0 Å². The summed E-state index contributed by atoms with van der Waals surface area (Å²) in [5.41, 5.74) is 0. The van der Waals surface area contributed by atoms with E-state index in [9.17, 15) is 9.59 Å². The lowest BCUT2D eigenvalue weighted by Gasteiger charge is -2.38. The molecule has 0 spiro atoms. The van der Waals surface area contributed by atoms with E-state index in [0.29, 0.717) is 12.5 Å². The van der Waals surface area contributed by atoms with E-state index in [4.69, 9.17) is 9.47 Å². The van der Waals surface area contributed by atoms with Crippen LogP contribution in [0.1, 0.15) is 33.6 Å². The number of piperazine rings is 2. The molecule has 3 aliphatic heterocycles. The maximum Gasteiger partial charge on any atom is 0.411 e. The Hall–Kier alpha value is -1.42. The summed E-state index contributed by atoms with van der Waals surface area (Å²) in [4.78, 5) is 35.3. The zero-order valence-corrected chi connectivity index (χ0v) is 19.8. The van der Waals surface area contributed by atoms with Gasteiger partial charge >= 0.3 is 12.1 Å². The number of hydrogen-bond acceptors (Lipinski definition) is 8. The van der Waals surface area contributed by atoms with Gasteiger partial charge in [0.15, 0.2) is 6.23 Å². The van der Waals surface area contributed by atoms with Gasteiger partial charge in [-0.1, -0.05) is 0 Å². The lowest BCUT2D eigenvalue weighted by atomic mass is 10.2. The molecule has 0 radical (unpaired) electrons. The summed E-state index contributed by atoms with van der Waals surface area (Å²) in [6.45, 7) is 17.0. The van der Waals surface area contributed by atoms with E-state index in [-0.39, 0.29) is 24.3 Å². The average molecular weight is 440 g/mol. The number of carbonyl (C=O) groups excluding carboxylic acids is 2. The van der Waals surface area contributed by atoms with Gasteiger partial charge in [0.25, 0.3) is 0 Å². The van der Waals surface area contributed by atoms with Crippen LogP contribution < -0.4 is 0 Å². The zero-order chi connectivity index (χ0) is 22.4. The second-order valence-corrected chi connectivity index (χ2v) is 9.24. The number of ether oxygens (including phenoxy) is 2. The number of esters is 1. The first-order valence-electron chi connectivity index (χ1n) is 11.9. The molecule has 2 unspecified atom stereocenters. The Morgan fingerprint density at radius 1 is 1.00 bits per heavy atom. The molecule has 0 saturated carbocycles. The summed E-state index contributed by atoms with van der Waals surface area (Å²) < 4.78 is 10.5. The number of carbonyl (C=O) groups is 2. The second kappa shape index (κ2) is 11.4. The van der Waals surface area contributed by atoms with Gasteiger partial charge in [0.05, 0.1) is 19.6 Å². The van der Waals surface area contributed by atoms with Crippen LogP contribution in [0.25, 0.3) is 0 Å². The molecule has 31 heavy (non-hydrogen) atoms. The fourth-order valence-electron chi connectivity index (χ4n) is 4.83. The Morgan fingerprint density at radius 2 is 1.61 bits per heavy atom. The minimum Gasteiger partial charge on any atom is -0.469 e. The first-order valence-corrected chi connectivity index (χ1v) is 11.9. The first kappa shape index (κ1) is 24.2. The van der Waals surface area contributed by atoms with Crippen LogP contribution in [0.2, 0.25) is 0 Å². The van der Waals surface area contributed by atoms with Gasteiger partial charge in [-0.2, -0.15) is 0 Å². The van der Waals surface area contributed by atoms with Gasteiger partial charge in [0.1, 0.15) is 0 Å². The van der Waals surface area contributed by atoms with Gasteiger partial charge in [-0.3, -0.25) is 14.6 Å². The second-order valence-electron chi connectivity index (χ2n) is 9.24. The Labute approximate surface area is 187 Å². The highest BCUT2D eigenvalue weighted by atomic mass is 16.6. The summed E-state index contributed by atoms with van der Waals surface area (Å²) in [7, 11) is 1.43. The number of rotatable bonds is 9. The Bertz CT molecular complexity index is 588. The first-order chi connectivity index (χ1) is 14.9. The molecule has 3 aliphatic rings. The minimum absolute atomic E-state index is 0.0620. The molecule has 2 atom stereocenters. The largest absolute Gasteiger partial charge is 0.469 e. The predicted molar refractivity (Wildman–Crippen MR) is 119 cm³/mol. The summed E-state index contributed by atoms with van der Waals surface area (Å²) >= 11 is 0. The van der Waals surface area contributed by atoms with E-state index in [0.717, 1.165) is 78.4 Å². The number of cyclic esters (lactones) is 1. The van der Waals surface area contributed by atoms with E-state index in [1.165, 1.54) is 7.11 Å². The summed E-state index contributed by atoms with van der Waals surface area (Å²) in [5, 5.41) is 0. The van der Waals surface area contributed by atoms with Crippen LogP contribution in [0.3, 0.4) is 0 Å². The van der Waals surface area contributed by atoms with Crippen LogP contribution in [-0.2, 0) is 14.3 Å². The summed E-state index contributed by atoms with van der Waals surface area (Å²) in [6, 6.07) is 0.681. The third-order valence-corrected chi connectivity index (χ3v) is 7.00. The highest BCUT2D eigenvalue weighted by Gasteiger charge is 2.42. The molecule has 0 aliphatic carbocycles. The lowest BCUT2D eigenvalue weighted by molar-refractivity contribution is -0.141. The van der Waals surface area contributed by atoms with Gasteiger partial charge in [-0.25, -0.2) is 4.79 Å². The molecular weight excluding hydrogens is 398 g/mol. The molecule has 3 saturated heterocycles. The number of nitrogens with zero attached hydrogens (tertiary/aromatic N) is 5. The molecule has 3 heterocycles. The third kappa shape index (κ3) is 6.54. The number of amides is 1. The van der Waals surface area contributed by atoms with Crippen LogP contribution in [0.4, 0.5) is 4.79 Å². The van der Waals surface area contributed by atoms with Crippen molar-refractivity contribution < 1.29 is 19.1 Å². The van der Waals surface area contributed by atoms with E-state index in [2.05, 4.69) is 40.4 Å². The normalized spacial score (nSPS) is 27.1. The molecule has 3 rings (SSSR count). The van der Waals surface area contributed by atoms with E-state index in [1.807, 2.05) is 4.90 Å². The molecule has 9 heteroatoms. The van der Waals surface area contributed by atoms with E-state index >= 15 is 0 Å². The van der Waals surface area contributed by atoms with Gasteiger partial charge < -0.3 is 24.2 Å². The SMILES string of the molecule is COC(=O)CCN1CCN(C2OC(=O)N(CCCN3CCN(C(C)C)CC3)C2C)CC1. The molecule has 1 amide bonds. The van der Waals surface area contributed by atoms with E-state index < -0.39 is 0 Å². The molecule has 0 aromatic carbocycles. The standard InChI is InChI=1S/C22H41N5O4/c1-18(2)25-14-10-23(11-15-25)7-5-8-27-19(3)21(31-22(27)29)26-16-12-24(13-17-26)9-6-20(28)30-4/h18-19,21H,5-17H2,1-4H3. The van der Waals surface area contributed by atoms with Crippen LogP contribution in [0.15, 0.2) is 0 Å². The van der Waals surface area contributed by atoms with Crippen molar-refractivity contribution in [2.75, 3.05) is 79.1 Å². The molecular formula is C22H41N5O4. The van der Waals surface area contributed by atoms with Gasteiger partial charge in [0.2, 0.25) is 0 Å². The Kier molecular flexibility index (Phi) is 8.95. The van der Waals surface area contributed by atoms with Crippen LogP contribution >= 0.6 is 0 Å². The quantitative estimate of drug-likeness (QED) is 0.488. The highest BCUT2D eigenvalue weighted by molar-refractivity contribution is 5.70. The number of methoxy groups -OCH3 is 1. The lowest BCUT2D eigenvalue weighted by Crippen LogP contribution is -2.54. The van der Waals surface area contributed by atoms with Crippen molar-refractivity contribution in [1.82, 2.24) is 24.5 Å². The van der Waals surface area contributed by atoms with E-state index in [1.54, 1.807) is 0 Å². The van der Waals surface area contributed by atoms with Gasteiger partial charge in [0, 0.05) is 71.5 Å². The topological polar surface area (TPSA) is 68.8 Å². The zero-order valence-electron chi connectivity index (χ0n) is 19.8. The van der Waals surface area contributed by atoms with Gasteiger partial charge in [-0.05, 0) is 33.7 Å². The molecule has 0 N–H and O–H groups in total. The Morgan fingerprint density at radius 3 is 2.23 bits per heavy atom. The highest BCUT2D eigenvalue weighted by Crippen LogP contribution is 2.24. The van der Waals surface area contributed by atoms with Crippen molar-refractivity contribution in [3.05, 3.63) is 0 Å². The molecule has 0 aromatic heterocycles. The summed E-state index contributed by atoms with van der Waals surface area (Å²) in [5.74, 6) is -0.168. The predicted octanol–water partition coefficient (Wildman–Crippen LogP) is 0.750. The van der Waals surface area contributed by atoms with Crippen molar-refractivity contribution in [2.24, 2.45) is 0 Å². The molecule has 3 fully saturated rings. The maximum atomic E-state index is 12.5. The molecule has 0 aromatic rings. The monoisotopic (exact) mass is 439 g/mol. The van der Waals surface area contributed by atoms with Crippen LogP contribution in [-0.4, -0.2) is 134 Å². The van der Waals surface area contributed by atoms with Crippen molar-refractivity contribution in [2.45, 2.75) is 51.9 Å². The van der Waals surface area contributed by atoms with Crippen LogP contribution in [0, 0.1) is 0 Å². The molecule has 0 bridgehead atoms. The van der Waals surface area contributed by atoms with Crippen molar-refractivity contribution in [1.29, 1.82) is 0 Å². The maximum absolute atomic E-state index is 12.5. The molecule has 178 valence electrons. The van der Waals surface area contributed by atoms with Gasteiger partial charge in [-0.15, -0.1) is 0 Å². The van der Waals surface area contributed by atoms with Crippen LogP contribution in [0.5, 0.6) is 0 Å². The van der Waals surface area contributed by atoms with Crippen molar-refractivity contribution in [3.8, 4) is 0 Å². The fourth-order valence-corrected chi connectivity index (χ4v) is 4.83. The third-order valence-electron chi connectivity index (χ3n) is 7.00. The smallest absolute Gasteiger partial charge is 0.411 e. The summed E-state index contributed by atoms with van der Waals surface area (Å²) in [6.07, 6.45) is 1.04. The molecule has 9 nitrogen and oxygen atoms in total. The average Bonchev–Trinajstić information content (AvgIpc) is 3.06. The van der Waals surface area contributed by atoms with Crippen molar-refractivity contribution >= 4 is 12.1 Å². The fraction of sp³-hybridized carbons (Fsp3) is 0.909. The minimum atomic E-state index is -0.185.